The van der Waals surface area contributed by atoms with Gasteiger partial charge in [0, 0.05) is 12.8 Å². The van der Waals surface area contributed by atoms with Gasteiger partial charge in [0.2, 0.25) is 0 Å². The number of hydrogen-bond acceptors (Lipinski definition) is 3. The van der Waals surface area contributed by atoms with Gasteiger partial charge in [-0.2, -0.15) is 0 Å². The number of aromatic nitrogens is 1. The van der Waals surface area contributed by atoms with Gasteiger partial charge in [-0.15, -0.1) is 0 Å². The Bertz CT molecular complexity index is 352. The number of carboxylic acid groups (broad SMARTS) is 1. The minimum atomic E-state index is -1.00. The molecule has 4 heteroatoms. The fraction of sp³-hybridized carbons (Fsp3) is 0.538. The van der Waals surface area contributed by atoms with Gasteiger partial charge in [-0.3, -0.25) is 0 Å². The Kier molecular flexibility index (Phi) is 6.25. The molecular formula is C13H19NO3. The van der Waals surface area contributed by atoms with Gasteiger partial charge < -0.3 is 9.84 Å². The Morgan fingerprint density at radius 2 is 2.24 bits per heavy atom. The molecule has 0 amide bonds. The van der Waals surface area contributed by atoms with E-state index < -0.39 is 5.97 Å². The molecule has 1 heterocycles. The molecule has 1 rings (SSSR count). The van der Waals surface area contributed by atoms with E-state index in [0.717, 1.165) is 18.6 Å². The molecular weight excluding hydrogens is 218 g/mol. The summed E-state index contributed by atoms with van der Waals surface area (Å²) < 4.78 is 5.48. The molecule has 0 atom stereocenters. The first-order valence-electron chi connectivity index (χ1n) is 6.00. The molecule has 0 fully saturated rings. The van der Waals surface area contributed by atoms with E-state index in [0.29, 0.717) is 6.61 Å². The van der Waals surface area contributed by atoms with E-state index in [1.165, 1.54) is 25.5 Å². The monoisotopic (exact) mass is 237 g/mol. The summed E-state index contributed by atoms with van der Waals surface area (Å²) in [4.78, 5) is 14.5. The second-order valence-corrected chi connectivity index (χ2v) is 3.97. The van der Waals surface area contributed by atoms with E-state index in [-0.39, 0.29) is 5.69 Å². The van der Waals surface area contributed by atoms with Gasteiger partial charge in [-0.25, -0.2) is 9.78 Å². The van der Waals surface area contributed by atoms with Crippen molar-refractivity contribution >= 4 is 5.97 Å². The van der Waals surface area contributed by atoms with Crippen LogP contribution in [0.2, 0.25) is 0 Å². The summed E-state index contributed by atoms with van der Waals surface area (Å²) in [6, 6.07) is 3.33. The molecule has 0 aliphatic carbocycles. The molecule has 4 nitrogen and oxygen atoms in total. The number of unbranched alkanes of at least 4 members (excludes halogenated alkanes) is 3. The predicted molar refractivity (Wildman–Crippen MR) is 65.0 cm³/mol. The lowest BCUT2D eigenvalue weighted by atomic mass is 10.2. The van der Waals surface area contributed by atoms with Crippen molar-refractivity contribution in [2.75, 3.05) is 6.61 Å². The topological polar surface area (TPSA) is 59.4 Å². The SMILES string of the molecule is CCCCCCOCc1ccnc(C(=O)O)c1. The van der Waals surface area contributed by atoms with Gasteiger partial charge in [0.05, 0.1) is 6.61 Å². The molecule has 1 aromatic heterocycles. The van der Waals surface area contributed by atoms with Crippen LogP contribution in [0.5, 0.6) is 0 Å². The number of aromatic carboxylic acids is 1. The third-order valence-corrected chi connectivity index (χ3v) is 2.45. The summed E-state index contributed by atoms with van der Waals surface area (Å²) in [5.41, 5.74) is 0.921. The number of carboxylic acids is 1. The van der Waals surface area contributed by atoms with E-state index in [1.54, 1.807) is 12.1 Å². The predicted octanol–water partition coefficient (Wildman–Crippen LogP) is 2.88. The van der Waals surface area contributed by atoms with E-state index in [1.807, 2.05) is 0 Å². The number of carbonyl (C=O) groups is 1. The van der Waals surface area contributed by atoms with Crippen LogP contribution in [0.3, 0.4) is 0 Å². The first kappa shape index (κ1) is 13.6. The molecule has 1 N–H and O–H groups in total. The summed E-state index contributed by atoms with van der Waals surface area (Å²) in [5.74, 6) is -1.00. The molecule has 0 unspecified atom stereocenters. The van der Waals surface area contributed by atoms with Crippen molar-refractivity contribution in [3.05, 3.63) is 29.6 Å². The Hall–Kier alpha value is -1.42. The van der Waals surface area contributed by atoms with Crippen molar-refractivity contribution in [1.82, 2.24) is 4.98 Å². The van der Waals surface area contributed by atoms with Gasteiger partial charge in [0.25, 0.3) is 0 Å². The maximum Gasteiger partial charge on any atom is 0.354 e. The van der Waals surface area contributed by atoms with E-state index in [9.17, 15) is 4.79 Å². The molecule has 0 bridgehead atoms. The highest BCUT2D eigenvalue weighted by atomic mass is 16.5. The summed E-state index contributed by atoms with van der Waals surface area (Å²) in [6.07, 6.45) is 6.20. The van der Waals surface area contributed by atoms with E-state index >= 15 is 0 Å². The Morgan fingerprint density at radius 3 is 2.94 bits per heavy atom. The molecule has 0 saturated heterocycles. The molecule has 1 aromatic rings. The van der Waals surface area contributed by atoms with Gasteiger partial charge >= 0.3 is 5.97 Å². The van der Waals surface area contributed by atoms with Gasteiger partial charge in [-0.05, 0) is 24.1 Å². The highest BCUT2D eigenvalue weighted by Crippen LogP contribution is 2.05. The average molecular weight is 237 g/mol. The maximum absolute atomic E-state index is 10.7. The van der Waals surface area contributed by atoms with Crippen molar-refractivity contribution in [2.45, 2.75) is 39.2 Å². The van der Waals surface area contributed by atoms with Crippen LogP contribution in [0.4, 0.5) is 0 Å². The molecule has 0 radical (unpaired) electrons. The van der Waals surface area contributed by atoms with Crippen LogP contribution in [-0.4, -0.2) is 22.7 Å². The zero-order chi connectivity index (χ0) is 12.5. The second-order valence-electron chi connectivity index (χ2n) is 3.97. The minimum absolute atomic E-state index is 0.0667. The third-order valence-electron chi connectivity index (χ3n) is 2.45. The lowest BCUT2D eigenvalue weighted by molar-refractivity contribution is 0.0689. The van der Waals surface area contributed by atoms with Crippen LogP contribution in [-0.2, 0) is 11.3 Å². The standard InChI is InChI=1S/C13H19NO3/c1-2-3-4-5-8-17-10-11-6-7-14-12(9-11)13(15)16/h6-7,9H,2-5,8,10H2,1H3,(H,15,16). The number of pyridine rings is 1. The third kappa shape index (κ3) is 5.45. The number of rotatable bonds is 8. The van der Waals surface area contributed by atoms with Crippen LogP contribution in [0, 0.1) is 0 Å². The van der Waals surface area contributed by atoms with Crippen molar-refractivity contribution in [1.29, 1.82) is 0 Å². The van der Waals surface area contributed by atoms with Crippen molar-refractivity contribution in [2.24, 2.45) is 0 Å². The Balaban J connectivity index is 2.27. The summed E-state index contributed by atoms with van der Waals surface area (Å²) >= 11 is 0. The number of hydrogen-bond donors (Lipinski definition) is 1. The quantitative estimate of drug-likeness (QED) is 0.706. The summed E-state index contributed by atoms with van der Waals surface area (Å²) in [6.45, 7) is 3.35. The normalized spacial score (nSPS) is 10.4. The van der Waals surface area contributed by atoms with Crippen LogP contribution in [0.1, 0.15) is 48.7 Å². The van der Waals surface area contributed by atoms with Crippen LogP contribution < -0.4 is 0 Å². The van der Waals surface area contributed by atoms with Crippen LogP contribution in [0.25, 0.3) is 0 Å². The fourth-order valence-corrected chi connectivity index (χ4v) is 1.50. The minimum Gasteiger partial charge on any atom is -0.477 e. The highest BCUT2D eigenvalue weighted by Gasteiger charge is 2.04. The van der Waals surface area contributed by atoms with Crippen molar-refractivity contribution < 1.29 is 14.6 Å². The Morgan fingerprint density at radius 1 is 1.41 bits per heavy atom. The zero-order valence-corrected chi connectivity index (χ0v) is 10.2. The summed E-state index contributed by atoms with van der Waals surface area (Å²) in [7, 11) is 0. The molecule has 0 aliphatic heterocycles. The summed E-state index contributed by atoms with van der Waals surface area (Å²) in [5, 5.41) is 8.77. The van der Waals surface area contributed by atoms with Gasteiger partial charge in [0.1, 0.15) is 5.69 Å². The second kappa shape index (κ2) is 7.79. The molecule has 0 saturated carbocycles. The lowest BCUT2D eigenvalue weighted by Gasteiger charge is -2.04. The van der Waals surface area contributed by atoms with Gasteiger partial charge in [-0.1, -0.05) is 26.2 Å². The van der Waals surface area contributed by atoms with Gasteiger partial charge in [0.15, 0.2) is 0 Å². The first-order chi connectivity index (χ1) is 8.24. The molecule has 0 aliphatic rings. The molecule has 0 aromatic carbocycles. The zero-order valence-electron chi connectivity index (χ0n) is 10.2. The van der Waals surface area contributed by atoms with Crippen LogP contribution in [0.15, 0.2) is 18.3 Å². The van der Waals surface area contributed by atoms with Crippen LogP contribution >= 0.6 is 0 Å². The molecule has 0 spiro atoms. The first-order valence-corrected chi connectivity index (χ1v) is 6.00. The smallest absolute Gasteiger partial charge is 0.354 e. The van der Waals surface area contributed by atoms with E-state index in [4.69, 9.17) is 9.84 Å². The van der Waals surface area contributed by atoms with Crippen molar-refractivity contribution in [3.8, 4) is 0 Å². The number of nitrogens with zero attached hydrogens (tertiary/aromatic N) is 1. The largest absolute Gasteiger partial charge is 0.477 e. The van der Waals surface area contributed by atoms with E-state index in [2.05, 4.69) is 11.9 Å². The highest BCUT2D eigenvalue weighted by molar-refractivity contribution is 5.85. The number of ether oxygens (including phenoxy) is 1. The average Bonchev–Trinajstić information content (AvgIpc) is 2.34. The van der Waals surface area contributed by atoms with Crippen molar-refractivity contribution in [3.63, 3.8) is 0 Å². The molecule has 17 heavy (non-hydrogen) atoms. The fourth-order valence-electron chi connectivity index (χ4n) is 1.50. The molecule has 94 valence electrons. The maximum atomic E-state index is 10.7. The Labute approximate surface area is 102 Å². The lowest BCUT2D eigenvalue weighted by Crippen LogP contribution is -2.02.